The fourth-order valence-electron chi connectivity index (χ4n) is 1.27. The number of amides is 1. The number of nitrogens with zero attached hydrogens (tertiary/aromatic N) is 4. The lowest BCUT2D eigenvalue weighted by Gasteiger charge is -1.99. The SMILES string of the molecule is Cc1nccc(-n2cc(N)c(C(N)=O)n2)n1. The summed E-state index contributed by atoms with van der Waals surface area (Å²) in [6.07, 6.45) is 3.08. The van der Waals surface area contributed by atoms with Crippen molar-refractivity contribution in [1.82, 2.24) is 19.7 Å². The summed E-state index contributed by atoms with van der Waals surface area (Å²) >= 11 is 0. The van der Waals surface area contributed by atoms with Crippen LogP contribution >= 0.6 is 0 Å². The highest BCUT2D eigenvalue weighted by atomic mass is 16.1. The summed E-state index contributed by atoms with van der Waals surface area (Å²) < 4.78 is 1.39. The van der Waals surface area contributed by atoms with Gasteiger partial charge < -0.3 is 11.5 Å². The minimum absolute atomic E-state index is 0.0382. The van der Waals surface area contributed by atoms with E-state index in [-0.39, 0.29) is 11.4 Å². The Hall–Kier alpha value is -2.44. The Bertz CT molecular complexity index is 547. The van der Waals surface area contributed by atoms with Crippen molar-refractivity contribution in [2.45, 2.75) is 6.92 Å². The second kappa shape index (κ2) is 3.61. The van der Waals surface area contributed by atoms with Gasteiger partial charge in [-0.15, -0.1) is 0 Å². The van der Waals surface area contributed by atoms with Gasteiger partial charge in [0.25, 0.3) is 5.91 Å². The Labute approximate surface area is 91.1 Å². The van der Waals surface area contributed by atoms with Gasteiger partial charge in [0.05, 0.1) is 11.9 Å². The Balaban J connectivity index is 2.49. The number of hydrogen-bond acceptors (Lipinski definition) is 5. The zero-order chi connectivity index (χ0) is 11.7. The summed E-state index contributed by atoms with van der Waals surface area (Å²) in [5, 5.41) is 3.95. The van der Waals surface area contributed by atoms with E-state index < -0.39 is 5.91 Å². The highest BCUT2D eigenvalue weighted by Gasteiger charge is 2.12. The van der Waals surface area contributed by atoms with Crippen LogP contribution in [0.2, 0.25) is 0 Å². The van der Waals surface area contributed by atoms with Crippen molar-refractivity contribution in [2.75, 3.05) is 5.73 Å². The van der Waals surface area contributed by atoms with Crippen LogP contribution < -0.4 is 11.5 Å². The van der Waals surface area contributed by atoms with Gasteiger partial charge in [-0.25, -0.2) is 14.6 Å². The summed E-state index contributed by atoms with van der Waals surface area (Å²) in [5.74, 6) is 0.473. The number of carbonyl (C=O) groups is 1. The maximum absolute atomic E-state index is 11.0. The van der Waals surface area contributed by atoms with Crippen molar-refractivity contribution >= 4 is 11.6 Å². The van der Waals surface area contributed by atoms with Crippen LogP contribution in [0.5, 0.6) is 0 Å². The summed E-state index contributed by atoms with van der Waals surface area (Å²) in [4.78, 5) is 19.1. The van der Waals surface area contributed by atoms with Crippen molar-refractivity contribution in [2.24, 2.45) is 5.73 Å². The van der Waals surface area contributed by atoms with E-state index >= 15 is 0 Å². The van der Waals surface area contributed by atoms with Gasteiger partial charge in [-0.2, -0.15) is 5.10 Å². The van der Waals surface area contributed by atoms with Crippen LogP contribution in [-0.4, -0.2) is 25.7 Å². The van der Waals surface area contributed by atoms with Crippen molar-refractivity contribution < 1.29 is 4.79 Å². The van der Waals surface area contributed by atoms with E-state index in [4.69, 9.17) is 11.5 Å². The smallest absolute Gasteiger partial charge is 0.271 e. The normalized spacial score (nSPS) is 10.3. The van der Waals surface area contributed by atoms with Crippen molar-refractivity contribution in [3.05, 3.63) is 30.0 Å². The average molecular weight is 218 g/mol. The monoisotopic (exact) mass is 218 g/mol. The van der Waals surface area contributed by atoms with E-state index in [2.05, 4.69) is 15.1 Å². The lowest BCUT2D eigenvalue weighted by Crippen LogP contribution is -2.14. The van der Waals surface area contributed by atoms with E-state index in [9.17, 15) is 4.79 Å². The molecule has 2 rings (SSSR count). The molecular formula is C9H10N6O. The molecule has 2 aromatic heterocycles. The maximum Gasteiger partial charge on any atom is 0.271 e. The molecule has 0 aliphatic heterocycles. The second-order valence-electron chi connectivity index (χ2n) is 3.20. The molecule has 0 aromatic carbocycles. The molecule has 16 heavy (non-hydrogen) atoms. The number of aryl methyl sites for hydroxylation is 1. The maximum atomic E-state index is 11.0. The minimum Gasteiger partial charge on any atom is -0.396 e. The van der Waals surface area contributed by atoms with E-state index in [1.165, 1.54) is 10.9 Å². The van der Waals surface area contributed by atoms with Crippen LogP contribution in [0.25, 0.3) is 5.82 Å². The number of nitrogen functional groups attached to an aromatic ring is 1. The van der Waals surface area contributed by atoms with Crippen LogP contribution in [0.4, 0.5) is 5.69 Å². The van der Waals surface area contributed by atoms with Gasteiger partial charge in [-0.05, 0) is 6.92 Å². The van der Waals surface area contributed by atoms with Crippen molar-refractivity contribution in [3.8, 4) is 5.82 Å². The summed E-state index contributed by atoms with van der Waals surface area (Å²) in [7, 11) is 0. The van der Waals surface area contributed by atoms with Gasteiger partial charge in [-0.3, -0.25) is 4.79 Å². The summed E-state index contributed by atoms with van der Waals surface area (Å²) in [6.45, 7) is 1.76. The lowest BCUT2D eigenvalue weighted by atomic mass is 10.4. The van der Waals surface area contributed by atoms with Crippen LogP contribution in [0, 0.1) is 6.92 Å². The highest BCUT2D eigenvalue weighted by Crippen LogP contribution is 2.11. The summed E-state index contributed by atoms with van der Waals surface area (Å²) in [5.41, 5.74) is 11.0. The molecule has 2 aromatic rings. The zero-order valence-corrected chi connectivity index (χ0v) is 8.58. The molecule has 0 fully saturated rings. The van der Waals surface area contributed by atoms with Gasteiger partial charge in [0, 0.05) is 12.3 Å². The number of primary amides is 1. The molecule has 7 heteroatoms. The van der Waals surface area contributed by atoms with Gasteiger partial charge in [-0.1, -0.05) is 0 Å². The third-order valence-corrected chi connectivity index (χ3v) is 1.97. The van der Waals surface area contributed by atoms with E-state index in [0.717, 1.165) is 0 Å². The third-order valence-electron chi connectivity index (χ3n) is 1.97. The molecule has 2 heterocycles. The van der Waals surface area contributed by atoms with Gasteiger partial charge >= 0.3 is 0 Å². The summed E-state index contributed by atoms with van der Waals surface area (Å²) in [6, 6.07) is 1.66. The van der Waals surface area contributed by atoms with Crippen molar-refractivity contribution in [3.63, 3.8) is 0 Å². The second-order valence-corrected chi connectivity index (χ2v) is 3.20. The molecule has 0 aliphatic carbocycles. The molecule has 0 saturated carbocycles. The van der Waals surface area contributed by atoms with E-state index in [1.807, 2.05) is 0 Å². The molecule has 7 nitrogen and oxygen atoms in total. The standard InChI is InChI=1S/C9H10N6O/c1-5-12-3-2-7(13-5)15-4-6(10)8(14-15)9(11)16/h2-4H,10H2,1H3,(H2,11,16). The number of aromatic nitrogens is 4. The number of anilines is 1. The first-order valence-corrected chi connectivity index (χ1v) is 4.53. The van der Waals surface area contributed by atoms with E-state index in [1.54, 1.807) is 19.2 Å². The molecule has 0 radical (unpaired) electrons. The zero-order valence-electron chi connectivity index (χ0n) is 8.58. The Morgan fingerprint density at radius 3 is 2.81 bits per heavy atom. The van der Waals surface area contributed by atoms with Gasteiger partial charge in [0.15, 0.2) is 11.5 Å². The molecule has 0 bridgehead atoms. The first kappa shape index (κ1) is 10.1. The molecule has 0 atom stereocenters. The predicted molar refractivity (Wildman–Crippen MR) is 56.8 cm³/mol. The largest absolute Gasteiger partial charge is 0.396 e. The van der Waals surface area contributed by atoms with E-state index in [0.29, 0.717) is 11.6 Å². The molecule has 0 unspecified atom stereocenters. The van der Waals surface area contributed by atoms with Crippen LogP contribution in [0.3, 0.4) is 0 Å². The van der Waals surface area contributed by atoms with Gasteiger partial charge in [0.2, 0.25) is 0 Å². The van der Waals surface area contributed by atoms with Crippen molar-refractivity contribution in [1.29, 1.82) is 0 Å². The fourth-order valence-corrected chi connectivity index (χ4v) is 1.27. The predicted octanol–water partition coefficient (Wildman–Crippen LogP) is -0.348. The van der Waals surface area contributed by atoms with Crippen LogP contribution in [0.15, 0.2) is 18.5 Å². The highest BCUT2D eigenvalue weighted by molar-refractivity contribution is 5.95. The molecule has 0 aliphatic rings. The molecule has 0 saturated heterocycles. The Morgan fingerprint density at radius 1 is 1.50 bits per heavy atom. The fraction of sp³-hybridized carbons (Fsp3) is 0.111. The average Bonchev–Trinajstić information content (AvgIpc) is 2.60. The number of nitrogens with two attached hydrogens (primary N) is 2. The Kier molecular flexibility index (Phi) is 2.28. The lowest BCUT2D eigenvalue weighted by molar-refractivity contribution is 0.0996. The topological polar surface area (TPSA) is 113 Å². The molecule has 0 spiro atoms. The quantitative estimate of drug-likeness (QED) is 0.715. The molecule has 82 valence electrons. The Morgan fingerprint density at radius 2 is 2.25 bits per heavy atom. The molecule has 4 N–H and O–H groups in total. The first-order chi connectivity index (χ1) is 7.58. The molecule has 1 amide bonds. The number of carbonyl (C=O) groups excluding carboxylic acids is 1. The first-order valence-electron chi connectivity index (χ1n) is 4.53. The molecular weight excluding hydrogens is 208 g/mol. The third kappa shape index (κ3) is 1.70. The number of hydrogen-bond donors (Lipinski definition) is 2. The van der Waals surface area contributed by atoms with Crippen LogP contribution in [0.1, 0.15) is 16.3 Å². The van der Waals surface area contributed by atoms with Gasteiger partial charge in [0.1, 0.15) is 5.82 Å². The van der Waals surface area contributed by atoms with Crippen LogP contribution in [-0.2, 0) is 0 Å². The minimum atomic E-state index is -0.665. The number of rotatable bonds is 2.